The van der Waals surface area contributed by atoms with Crippen molar-refractivity contribution in [2.24, 2.45) is 5.92 Å². The molecule has 0 saturated carbocycles. The Hall–Kier alpha value is -1.55. The standard InChI is InChI=1S/C14H19N3O/c18-14-8-11-7-12(1-2-13(11)17-14)16-6-4-10-3-5-15-9-10/h1-2,7,10,15-16H,3-6,8-9H2,(H,17,18). The molecule has 1 aromatic carbocycles. The molecule has 3 N–H and O–H groups in total. The second-order valence-electron chi connectivity index (χ2n) is 5.17. The molecule has 4 nitrogen and oxygen atoms in total. The van der Waals surface area contributed by atoms with Gasteiger partial charge in [0.05, 0.1) is 6.42 Å². The van der Waals surface area contributed by atoms with Gasteiger partial charge in [-0.1, -0.05) is 0 Å². The first kappa shape index (κ1) is 11.5. The first-order valence-corrected chi connectivity index (χ1v) is 6.68. The van der Waals surface area contributed by atoms with Gasteiger partial charge in [-0.05, 0) is 55.6 Å². The van der Waals surface area contributed by atoms with E-state index in [-0.39, 0.29) is 5.91 Å². The highest BCUT2D eigenvalue weighted by molar-refractivity contribution is 5.99. The van der Waals surface area contributed by atoms with Crippen LogP contribution < -0.4 is 16.0 Å². The minimum absolute atomic E-state index is 0.0965. The maximum absolute atomic E-state index is 11.3. The maximum atomic E-state index is 11.3. The lowest BCUT2D eigenvalue weighted by Gasteiger charge is -2.11. The van der Waals surface area contributed by atoms with E-state index in [1.165, 1.54) is 12.8 Å². The molecular weight excluding hydrogens is 226 g/mol. The summed E-state index contributed by atoms with van der Waals surface area (Å²) in [7, 11) is 0. The van der Waals surface area contributed by atoms with Gasteiger partial charge in [0.25, 0.3) is 0 Å². The van der Waals surface area contributed by atoms with E-state index in [4.69, 9.17) is 0 Å². The van der Waals surface area contributed by atoms with Crippen LogP contribution in [0.25, 0.3) is 0 Å². The number of benzene rings is 1. The van der Waals surface area contributed by atoms with Crippen molar-refractivity contribution in [2.75, 3.05) is 30.3 Å². The van der Waals surface area contributed by atoms with E-state index in [0.717, 1.165) is 42.5 Å². The lowest BCUT2D eigenvalue weighted by Crippen LogP contribution is -2.12. The number of hydrogen-bond donors (Lipinski definition) is 3. The number of amides is 1. The smallest absolute Gasteiger partial charge is 0.228 e. The van der Waals surface area contributed by atoms with E-state index in [2.05, 4.69) is 22.0 Å². The summed E-state index contributed by atoms with van der Waals surface area (Å²) in [6.07, 6.45) is 3.02. The number of rotatable bonds is 4. The van der Waals surface area contributed by atoms with Crippen molar-refractivity contribution in [3.63, 3.8) is 0 Å². The fourth-order valence-electron chi connectivity index (χ4n) is 2.72. The molecule has 1 saturated heterocycles. The third-order valence-corrected chi connectivity index (χ3v) is 3.77. The van der Waals surface area contributed by atoms with Crippen molar-refractivity contribution in [1.29, 1.82) is 0 Å². The van der Waals surface area contributed by atoms with Crippen LogP contribution in [0.15, 0.2) is 18.2 Å². The molecule has 0 bridgehead atoms. The fourth-order valence-corrected chi connectivity index (χ4v) is 2.72. The zero-order chi connectivity index (χ0) is 12.4. The molecule has 2 aliphatic heterocycles. The van der Waals surface area contributed by atoms with Crippen LogP contribution in [0.3, 0.4) is 0 Å². The van der Waals surface area contributed by atoms with Crippen LogP contribution >= 0.6 is 0 Å². The van der Waals surface area contributed by atoms with E-state index in [0.29, 0.717) is 6.42 Å². The second-order valence-corrected chi connectivity index (χ2v) is 5.17. The molecule has 0 spiro atoms. The first-order valence-electron chi connectivity index (χ1n) is 6.68. The molecule has 3 rings (SSSR count). The van der Waals surface area contributed by atoms with E-state index in [1.54, 1.807) is 0 Å². The highest BCUT2D eigenvalue weighted by atomic mass is 16.1. The molecule has 1 fully saturated rings. The third kappa shape index (κ3) is 2.48. The third-order valence-electron chi connectivity index (χ3n) is 3.77. The summed E-state index contributed by atoms with van der Waals surface area (Å²) < 4.78 is 0. The summed E-state index contributed by atoms with van der Waals surface area (Å²) in [6, 6.07) is 6.11. The summed E-state index contributed by atoms with van der Waals surface area (Å²) in [5, 5.41) is 9.69. The SMILES string of the molecule is O=C1Cc2cc(NCCC3CCNC3)ccc2N1. The molecule has 1 unspecified atom stereocenters. The molecule has 0 aliphatic carbocycles. The van der Waals surface area contributed by atoms with Gasteiger partial charge >= 0.3 is 0 Å². The van der Waals surface area contributed by atoms with E-state index >= 15 is 0 Å². The number of carbonyl (C=O) groups excluding carboxylic acids is 1. The Kier molecular flexibility index (Phi) is 3.19. The van der Waals surface area contributed by atoms with Gasteiger partial charge in [0, 0.05) is 17.9 Å². The zero-order valence-electron chi connectivity index (χ0n) is 10.5. The Balaban J connectivity index is 1.54. The Labute approximate surface area is 107 Å². The Bertz CT molecular complexity index is 452. The summed E-state index contributed by atoms with van der Waals surface area (Å²) >= 11 is 0. The minimum Gasteiger partial charge on any atom is -0.385 e. The van der Waals surface area contributed by atoms with Crippen LogP contribution in [0.1, 0.15) is 18.4 Å². The van der Waals surface area contributed by atoms with Gasteiger partial charge in [0.2, 0.25) is 5.91 Å². The average molecular weight is 245 g/mol. The van der Waals surface area contributed by atoms with Crippen molar-refractivity contribution in [1.82, 2.24) is 5.32 Å². The maximum Gasteiger partial charge on any atom is 0.228 e. The second kappa shape index (κ2) is 4.98. The van der Waals surface area contributed by atoms with Crippen LogP contribution in [0.4, 0.5) is 11.4 Å². The number of anilines is 2. The van der Waals surface area contributed by atoms with Gasteiger partial charge in [0.15, 0.2) is 0 Å². The van der Waals surface area contributed by atoms with Crippen LogP contribution in [0, 0.1) is 5.92 Å². The quantitative estimate of drug-likeness (QED) is 0.755. The molecule has 2 heterocycles. The van der Waals surface area contributed by atoms with Gasteiger partial charge in [-0.15, -0.1) is 0 Å². The fraction of sp³-hybridized carbons (Fsp3) is 0.500. The number of nitrogens with one attached hydrogen (secondary N) is 3. The van der Waals surface area contributed by atoms with Crippen molar-refractivity contribution < 1.29 is 4.79 Å². The molecule has 1 amide bonds. The minimum atomic E-state index is 0.0965. The average Bonchev–Trinajstić information content (AvgIpc) is 2.96. The highest BCUT2D eigenvalue weighted by Gasteiger charge is 2.17. The lowest BCUT2D eigenvalue weighted by atomic mass is 10.1. The monoisotopic (exact) mass is 245 g/mol. The molecule has 1 aromatic rings. The van der Waals surface area contributed by atoms with Crippen LogP contribution in [-0.4, -0.2) is 25.5 Å². The molecular formula is C14H19N3O. The van der Waals surface area contributed by atoms with Gasteiger partial charge < -0.3 is 16.0 Å². The first-order chi connectivity index (χ1) is 8.81. The molecule has 18 heavy (non-hydrogen) atoms. The highest BCUT2D eigenvalue weighted by Crippen LogP contribution is 2.26. The van der Waals surface area contributed by atoms with E-state index < -0.39 is 0 Å². The number of carbonyl (C=O) groups is 1. The Morgan fingerprint density at radius 3 is 3.17 bits per heavy atom. The summed E-state index contributed by atoms with van der Waals surface area (Å²) in [5.74, 6) is 0.911. The number of hydrogen-bond acceptors (Lipinski definition) is 3. The molecule has 4 heteroatoms. The molecule has 2 aliphatic rings. The van der Waals surface area contributed by atoms with Gasteiger partial charge in [-0.3, -0.25) is 4.79 Å². The van der Waals surface area contributed by atoms with Crippen molar-refractivity contribution in [3.05, 3.63) is 23.8 Å². The van der Waals surface area contributed by atoms with Gasteiger partial charge in [-0.2, -0.15) is 0 Å². The summed E-state index contributed by atoms with van der Waals surface area (Å²) in [5.41, 5.74) is 3.19. The van der Waals surface area contributed by atoms with Gasteiger partial charge in [0.1, 0.15) is 0 Å². The van der Waals surface area contributed by atoms with Gasteiger partial charge in [-0.25, -0.2) is 0 Å². The van der Waals surface area contributed by atoms with Crippen molar-refractivity contribution in [2.45, 2.75) is 19.3 Å². The van der Waals surface area contributed by atoms with Crippen LogP contribution in [0.2, 0.25) is 0 Å². The summed E-state index contributed by atoms with van der Waals surface area (Å²) in [6.45, 7) is 3.33. The lowest BCUT2D eigenvalue weighted by molar-refractivity contribution is -0.115. The zero-order valence-corrected chi connectivity index (χ0v) is 10.5. The van der Waals surface area contributed by atoms with E-state index in [1.807, 2.05) is 12.1 Å². The van der Waals surface area contributed by atoms with Crippen LogP contribution in [0.5, 0.6) is 0 Å². The van der Waals surface area contributed by atoms with Crippen molar-refractivity contribution in [3.8, 4) is 0 Å². The predicted molar refractivity (Wildman–Crippen MR) is 72.9 cm³/mol. The van der Waals surface area contributed by atoms with Crippen LogP contribution in [-0.2, 0) is 11.2 Å². The van der Waals surface area contributed by atoms with Crippen molar-refractivity contribution >= 4 is 17.3 Å². The summed E-state index contributed by atoms with van der Waals surface area (Å²) in [4.78, 5) is 11.3. The largest absolute Gasteiger partial charge is 0.385 e. The normalized spacial score (nSPS) is 21.8. The number of fused-ring (bicyclic) bond motifs is 1. The molecule has 96 valence electrons. The molecule has 0 radical (unpaired) electrons. The predicted octanol–water partition coefficient (Wildman–Crippen LogP) is 1.59. The Morgan fingerprint density at radius 1 is 1.39 bits per heavy atom. The topological polar surface area (TPSA) is 53.2 Å². The van der Waals surface area contributed by atoms with E-state index in [9.17, 15) is 4.79 Å². The Morgan fingerprint density at radius 2 is 2.33 bits per heavy atom. The molecule has 1 atom stereocenters. The molecule has 0 aromatic heterocycles.